The number of nitrogens with one attached hydrogen (secondary N) is 2. The van der Waals surface area contributed by atoms with Gasteiger partial charge in [0.25, 0.3) is 0 Å². The minimum atomic E-state index is -2.87. The van der Waals surface area contributed by atoms with Crippen LogP contribution < -0.4 is 10.6 Å². The predicted octanol–water partition coefficient (Wildman–Crippen LogP) is 2.00. The van der Waals surface area contributed by atoms with E-state index in [2.05, 4.69) is 46.8 Å². The number of aryl methyl sites for hydroxylation is 1. The van der Waals surface area contributed by atoms with Crippen molar-refractivity contribution in [3.63, 3.8) is 0 Å². The molecule has 2 fully saturated rings. The molecule has 0 radical (unpaired) electrons. The van der Waals surface area contributed by atoms with Gasteiger partial charge in [0.1, 0.15) is 0 Å². The van der Waals surface area contributed by atoms with Crippen molar-refractivity contribution in [2.24, 2.45) is 4.99 Å². The van der Waals surface area contributed by atoms with Gasteiger partial charge in [-0.05, 0) is 37.3 Å². The van der Waals surface area contributed by atoms with Crippen LogP contribution in [0, 0.1) is 6.92 Å². The lowest BCUT2D eigenvalue weighted by Crippen LogP contribution is -2.46. The van der Waals surface area contributed by atoms with Gasteiger partial charge in [0.15, 0.2) is 15.8 Å². The summed E-state index contributed by atoms with van der Waals surface area (Å²) in [6.07, 6.45) is 3.02. The molecule has 2 aliphatic rings. The van der Waals surface area contributed by atoms with Crippen LogP contribution in [0.15, 0.2) is 29.3 Å². The fourth-order valence-corrected chi connectivity index (χ4v) is 5.08. The lowest BCUT2D eigenvalue weighted by atomic mass is 9.92. The van der Waals surface area contributed by atoms with Crippen LogP contribution in [0.2, 0.25) is 0 Å². The number of benzene rings is 1. The zero-order chi connectivity index (χ0) is 16.5. The van der Waals surface area contributed by atoms with E-state index in [-0.39, 0.29) is 46.9 Å². The Kier molecular flexibility index (Phi) is 6.17. The van der Waals surface area contributed by atoms with Crippen LogP contribution in [-0.2, 0) is 15.3 Å². The number of hydrogen-bond donors (Lipinski definition) is 2. The molecule has 0 aromatic heterocycles. The fourth-order valence-electron chi connectivity index (χ4n) is 3.41. The minimum Gasteiger partial charge on any atom is -0.356 e. The highest BCUT2D eigenvalue weighted by Crippen LogP contribution is 2.48. The van der Waals surface area contributed by atoms with E-state index < -0.39 is 9.84 Å². The molecular formula is C17H26IN3O2S. The van der Waals surface area contributed by atoms with Crippen LogP contribution in [0.1, 0.15) is 30.4 Å². The van der Waals surface area contributed by atoms with Gasteiger partial charge < -0.3 is 10.6 Å². The summed E-state index contributed by atoms with van der Waals surface area (Å²) in [6.45, 7) is 2.99. The molecule has 3 rings (SSSR count). The summed E-state index contributed by atoms with van der Waals surface area (Å²) in [7, 11) is -1.15. The Morgan fingerprint density at radius 1 is 1.33 bits per heavy atom. The van der Waals surface area contributed by atoms with E-state index in [0.717, 1.165) is 6.54 Å². The molecule has 0 amide bonds. The molecule has 1 saturated heterocycles. The van der Waals surface area contributed by atoms with Crippen LogP contribution in [0.25, 0.3) is 0 Å². The molecule has 1 aliphatic heterocycles. The van der Waals surface area contributed by atoms with E-state index in [9.17, 15) is 8.42 Å². The zero-order valence-corrected chi connectivity index (χ0v) is 17.4. The maximum Gasteiger partial charge on any atom is 0.191 e. The molecule has 1 aromatic rings. The molecule has 1 heterocycles. The van der Waals surface area contributed by atoms with Crippen molar-refractivity contribution in [1.82, 2.24) is 10.6 Å². The molecule has 134 valence electrons. The number of hydrogen-bond acceptors (Lipinski definition) is 3. The van der Waals surface area contributed by atoms with Gasteiger partial charge in [-0.3, -0.25) is 4.99 Å². The van der Waals surface area contributed by atoms with Crippen molar-refractivity contribution in [3.8, 4) is 0 Å². The average molecular weight is 463 g/mol. The molecule has 0 spiro atoms. The van der Waals surface area contributed by atoms with Crippen molar-refractivity contribution in [2.75, 3.05) is 25.1 Å². The molecule has 1 aliphatic carbocycles. The standard InChI is InChI=1S/C17H25N3O2S.HI/c1-13-5-3-4-6-15(13)17(8-9-17)12-19-16(18-2)20-14-7-10-23(21,22)11-14;/h3-6,14H,7-12H2,1-2H3,(H2,18,19,20);1H. The van der Waals surface area contributed by atoms with E-state index >= 15 is 0 Å². The third kappa shape index (κ3) is 4.41. The molecule has 1 aromatic carbocycles. The van der Waals surface area contributed by atoms with Gasteiger partial charge in [-0.15, -0.1) is 24.0 Å². The number of halogens is 1. The second kappa shape index (κ2) is 7.59. The van der Waals surface area contributed by atoms with Crippen molar-refractivity contribution in [1.29, 1.82) is 0 Å². The van der Waals surface area contributed by atoms with E-state index in [1.165, 1.54) is 24.0 Å². The highest BCUT2D eigenvalue weighted by molar-refractivity contribution is 14.0. The van der Waals surface area contributed by atoms with E-state index in [4.69, 9.17) is 0 Å². The van der Waals surface area contributed by atoms with Crippen molar-refractivity contribution < 1.29 is 8.42 Å². The summed E-state index contributed by atoms with van der Waals surface area (Å²) in [4.78, 5) is 4.25. The Hall–Kier alpha value is -0.830. The second-order valence-electron chi connectivity index (χ2n) is 6.77. The number of guanidine groups is 1. The molecule has 5 nitrogen and oxygen atoms in total. The molecular weight excluding hydrogens is 437 g/mol. The average Bonchev–Trinajstić information content (AvgIpc) is 3.22. The topological polar surface area (TPSA) is 70.6 Å². The highest BCUT2D eigenvalue weighted by Gasteiger charge is 2.45. The van der Waals surface area contributed by atoms with Crippen molar-refractivity contribution in [3.05, 3.63) is 35.4 Å². The van der Waals surface area contributed by atoms with Crippen molar-refractivity contribution in [2.45, 2.75) is 37.6 Å². The lowest BCUT2D eigenvalue weighted by molar-refractivity contribution is 0.597. The van der Waals surface area contributed by atoms with Crippen LogP contribution >= 0.6 is 24.0 Å². The first-order valence-corrected chi connectivity index (χ1v) is 10.00. The van der Waals surface area contributed by atoms with Crippen LogP contribution in [0.4, 0.5) is 0 Å². The molecule has 24 heavy (non-hydrogen) atoms. The van der Waals surface area contributed by atoms with Crippen LogP contribution in [0.5, 0.6) is 0 Å². The van der Waals surface area contributed by atoms with E-state index in [1.807, 2.05) is 0 Å². The van der Waals surface area contributed by atoms with Crippen LogP contribution in [0.3, 0.4) is 0 Å². The first-order valence-electron chi connectivity index (χ1n) is 8.18. The third-order valence-corrected chi connectivity index (χ3v) is 6.73. The largest absolute Gasteiger partial charge is 0.356 e. The first-order chi connectivity index (χ1) is 10.9. The summed E-state index contributed by atoms with van der Waals surface area (Å²) in [6, 6.07) is 8.51. The molecule has 2 N–H and O–H groups in total. The van der Waals surface area contributed by atoms with Gasteiger partial charge in [0, 0.05) is 25.0 Å². The fraction of sp³-hybridized carbons (Fsp3) is 0.588. The second-order valence-corrected chi connectivity index (χ2v) is 8.99. The quantitative estimate of drug-likeness (QED) is 0.407. The lowest BCUT2D eigenvalue weighted by Gasteiger charge is -2.22. The first kappa shape index (κ1) is 19.5. The monoisotopic (exact) mass is 463 g/mol. The smallest absolute Gasteiger partial charge is 0.191 e. The Balaban J connectivity index is 0.00000208. The molecule has 0 bridgehead atoms. The Morgan fingerprint density at radius 3 is 2.58 bits per heavy atom. The predicted molar refractivity (Wildman–Crippen MR) is 109 cm³/mol. The van der Waals surface area contributed by atoms with Gasteiger partial charge in [-0.2, -0.15) is 0 Å². The van der Waals surface area contributed by atoms with Gasteiger partial charge >= 0.3 is 0 Å². The molecule has 1 unspecified atom stereocenters. The number of nitrogens with zero attached hydrogens (tertiary/aromatic N) is 1. The third-order valence-electron chi connectivity index (χ3n) is 4.96. The molecule has 1 atom stereocenters. The summed E-state index contributed by atoms with van der Waals surface area (Å²) < 4.78 is 23.1. The minimum absolute atomic E-state index is 0. The Bertz CT molecular complexity index is 714. The van der Waals surface area contributed by atoms with Gasteiger partial charge in [-0.25, -0.2) is 8.42 Å². The molecule has 7 heteroatoms. The van der Waals surface area contributed by atoms with Gasteiger partial charge in [-0.1, -0.05) is 24.3 Å². The van der Waals surface area contributed by atoms with Crippen molar-refractivity contribution >= 4 is 39.8 Å². The zero-order valence-electron chi connectivity index (χ0n) is 14.2. The van der Waals surface area contributed by atoms with Crippen LogP contribution in [-0.4, -0.2) is 45.5 Å². The normalized spacial score (nSPS) is 24.1. The summed E-state index contributed by atoms with van der Waals surface area (Å²) in [5.41, 5.74) is 2.94. The number of rotatable bonds is 4. The maximum atomic E-state index is 11.6. The SMILES string of the molecule is CN=C(NCC1(c2ccccc2C)CC1)NC1CCS(=O)(=O)C1.I. The Morgan fingerprint density at radius 2 is 2.04 bits per heavy atom. The molecule has 1 saturated carbocycles. The number of aliphatic imine (C=N–C) groups is 1. The summed E-state index contributed by atoms with van der Waals surface area (Å²) in [5.74, 6) is 1.18. The van der Waals surface area contributed by atoms with Gasteiger partial charge in [0.05, 0.1) is 11.5 Å². The maximum absolute atomic E-state index is 11.6. The summed E-state index contributed by atoms with van der Waals surface area (Å²) >= 11 is 0. The van der Waals surface area contributed by atoms with E-state index in [0.29, 0.717) is 12.4 Å². The summed E-state index contributed by atoms with van der Waals surface area (Å²) in [5, 5.41) is 6.64. The highest BCUT2D eigenvalue weighted by atomic mass is 127. The number of sulfone groups is 1. The van der Waals surface area contributed by atoms with E-state index in [1.54, 1.807) is 7.05 Å². The Labute approximate surface area is 161 Å². The van der Waals surface area contributed by atoms with Gasteiger partial charge in [0.2, 0.25) is 0 Å².